The number of likely N-dealkylation sites (N-methyl/N-ethyl adjacent to an activating group) is 1. The molecule has 0 saturated carbocycles. The first kappa shape index (κ1) is 20.8. The number of carbonyl (C=O) groups excluding carboxylic acids is 2. The molecule has 2 rings (SSSR count). The summed E-state index contributed by atoms with van der Waals surface area (Å²) in [6.07, 6.45) is 6.47. The van der Waals surface area contributed by atoms with Gasteiger partial charge in [0.05, 0.1) is 0 Å². The Bertz CT molecular complexity index is 828. The third-order valence-corrected chi connectivity index (χ3v) is 4.40. The Morgan fingerprint density at radius 1 is 1.15 bits per heavy atom. The second-order valence-corrected chi connectivity index (χ2v) is 6.91. The van der Waals surface area contributed by atoms with Crippen molar-refractivity contribution in [3.63, 3.8) is 0 Å². The predicted octanol–water partition coefficient (Wildman–Crippen LogP) is 4.55. The number of hydrogen-bond donors (Lipinski definition) is 0. The minimum atomic E-state index is -0.211. The standard InChI is InChI=1S/C22H22BrNO3/c1-3-12-24(2)13-4-5-14-27-20-11-8-18(16-25)21(15-20)22(26)17-6-9-19(23)10-7-17/h3-11,15-16H,1,12-14H2,2H3. The summed E-state index contributed by atoms with van der Waals surface area (Å²) in [6, 6.07) is 11.9. The molecule has 0 aliphatic rings. The average molecular weight is 428 g/mol. The molecule has 0 atom stereocenters. The van der Waals surface area contributed by atoms with E-state index in [-0.39, 0.29) is 5.78 Å². The summed E-state index contributed by atoms with van der Waals surface area (Å²) in [6.45, 7) is 5.70. The molecular weight excluding hydrogens is 406 g/mol. The van der Waals surface area contributed by atoms with Crippen molar-refractivity contribution in [2.24, 2.45) is 0 Å². The third kappa shape index (κ3) is 6.31. The second kappa shape index (κ2) is 10.6. The van der Waals surface area contributed by atoms with Crippen LogP contribution >= 0.6 is 15.9 Å². The van der Waals surface area contributed by atoms with Gasteiger partial charge in [0.2, 0.25) is 0 Å². The van der Waals surface area contributed by atoms with Gasteiger partial charge < -0.3 is 4.74 Å². The molecule has 140 valence electrons. The SMILES string of the molecule is C=CCN(C)CC=CCOc1ccc(C=O)c(C(=O)c2ccc(Br)cc2)c1. The molecule has 0 fully saturated rings. The van der Waals surface area contributed by atoms with Crippen LogP contribution in [0.2, 0.25) is 0 Å². The highest BCUT2D eigenvalue weighted by molar-refractivity contribution is 9.10. The molecule has 0 amide bonds. The van der Waals surface area contributed by atoms with Gasteiger partial charge in [0.15, 0.2) is 12.1 Å². The molecule has 2 aromatic rings. The average Bonchev–Trinajstić information content (AvgIpc) is 2.68. The zero-order valence-corrected chi connectivity index (χ0v) is 16.8. The van der Waals surface area contributed by atoms with Crippen LogP contribution in [-0.4, -0.2) is 43.7 Å². The molecule has 27 heavy (non-hydrogen) atoms. The number of rotatable bonds is 10. The summed E-state index contributed by atoms with van der Waals surface area (Å²) in [4.78, 5) is 26.2. The Balaban J connectivity index is 2.07. The molecule has 0 unspecified atom stereocenters. The summed E-state index contributed by atoms with van der Waals surface area (Å²) in [7, 11) is 2.00. The molecule has 0 N–H and O–H groups in total. The summed E-state index contributed by atoms with van der Waals surface area (Å²) < 4.78 is 6.58. The van der Waals surface area contributed by atoms with Gasteiger partial charge in [0.25, 0.3) is 0 Å². The fourth-order valence-electron chi connectivity index (χ4n) is 2.44. The Kier molecular flexibility index (Phi) is 8.17. The van der Waals surface area contributed by atoms with Crippen molar-refractivity contribution in [1.82, 2.24) is 4.90 Å². The number of benzene rings is 2. The van der Waals surface area contributed by atoms with Crippen molar-refractivity contribution in [3.8, 4) is 5.75 Å². The van der Waals surface area contributed by atoms with Crippen molar-refractivity contribution in [2.45, 2.75) is 0 Å². The number of ether oxygens (including phenoxy) is 1. The Hall–Kier alpha value is -2.50. The number of nitrogens with zero attached hydrogens (tertiary/aromatic N) is 1. The van der Waals surface area contributed by atoms with Crippen LogP contribution in [0.4, 0.5) is 0 Å². The van der Waals surface area contributed by atoms with Gasteiger partial charge in [0.1, 0.15) is 12.4 Å². The van der Waals surface area contributed by atoms with E-state index in [0.717, 1.165) is 17.6 Å². The first-order valence-electron chi connectivity index (χ1n) is 8.52. The van der Waals surface area contributed by atoms with Crippen LogP contribution in [-0.2, 0) is 0 Å². The van der Waals surface area contributed by atoms with Gasteiger partial charge in [-0.1, -0.05) is 34.2 Å². The van der Waals surface area contributed by atoms with E-state index in [4.69, 9.17) is 4.74 Å². The topological polar surface area (TPSA) is 46.6 Å². The molecule has 4 nitrogen and oxygen atoms in total. The van der Waals surface area contributed by atoms with E-state index < -0.39 is 0 Å². The zero-order valence-electron chi connectivity index (χ0n) is 15.2. The lowest BCUT2D eigenvalue weighted by Crippen LogP contribution is -2.17. The van der Waals surface area contributed by atoms with Crippen molar-refractivity contribution in [1.29, 1.82) is 0 Å². The summed E-state index contributed by atoms with van der Waals surface area (Å²) >= 11 is 3.35. The van der Waals surface area contributed by atoms with E-state index in [9.17, 15) is 9.59 Å². The van der Waals surface area contributed by atoms with E-state index in [1.54, 1.807) is 42.5 Å². The summed E-state index contributed by atoms with van der Waals surface area (Å²) in [5.41, 5.74) is 1.19. The van der Waals surface area contributed by atoms with E-state index in [1.807, 2.05) is 25.3 Å². The van der Waals surface area contributed by atoms with E-state index >= 15 is 0 Å². The van der Waals surface area contributed by atoms with Crippen LogP contribution in [0.1, 0.15) is 26.3 Å². The number of carbonyl (C=O) groups is 2. The Morgan fingerprint density at radius 3 is 2.56 bits per heavy atom. The predicted molar refractivity (Wildman–Crippen MR) is 112 cm³/mol. The van der Waals surface area contributed by atoms with Gasteiger partial charge in [-0.3, -0.25) is 14.5 Å². The lowest BCUT2D eigenvalue weighted by atomic mass is 9.98. The lowest BCUT2D eigenvalue weighted by molar-refractivity contribution is 0.102. The molecule has 0 spiro atoms. The lowest BCUT2D eigenvalue weighted by Gasteiger charge is -2.11. The Labute approximate surface area is 168 Å². The molecule has 0 aliphatic heterocycles. The number of halogens is 1. The Morgan fingerprint density at radius 2 is 1.89 bits per heavy atom. The van der Waals surface area contributed by atoms with Gasteiger partial charge in [-0.15, -0.1) is 6.58 Å². The highest BCUT2D eigenvalue weighted by atomic mass is 79.9. The molecule has 0 aromatic heterocycles. The fraction of sp³-hybridized carbons (Fsp3) is 0.182. The van der Waals surface area contributed by atoms with Gasteiger partial charge in [0, 0.05) is 34.3 Å². The van der Waals surface area contributed by atoms with Crippen LogP contribution in [0.25, 0.3) is 0 Å². The first-order chi connectivity index (χ1) is 13.0. The van der Waals surface area contributed by atoms with Crippen molar-refractivity contribution in [3.05, 3.63) is 88.4 Å². The van der Waals surface area contributed by atoms with Gasteiger partial charge in [-0.25, -0.2) is 0 Å². The van der Waals surface area contributed by atoms with Crippen LogP contribution in [0.3, 0.4) is 0 Å². The quantitative estimate of drug-likeness (QED) is 0.317. The molecule has 5 heteroatoms. The van der Waals surface area contributed by atoms with Crippen molar-refractivity contribution < 1.29 is 14.3 Å². The monoisotopic (exact) mass is 427 g/mol. The number of hydrogen-bond acceptors (Lipinski definition) is 4. The molecule has 0 saturated heterocycles. The van der Waals surface area contributed by atoms with Gasteiger partial charge in [-0.05, 0) is 49.5 Å². The minimum absolute atomic E-state index is 0.211. The van der Waals surface area contributed by atoms with Gasteiger partial charge >= 0.3 is 0 Å². The number of aldehydes is 1. The van der Waals surface area contributed by atoms with Crippen molar-refractivity contribution in [2.75, 3.05) is 26.7 Å². The van der Waals surface area contributed by atoms with Crippen LogP contribution in [0.5, 0.6) is 5.75 Å². The highest BCUT2D eigenvalue weighted by Crippen LogP contribution is 2.21. The van der Waals surface area contributed by atoms with E-state index in [2.05, 4.69) is 27.4 Å². The van der Waals surface area contributed by atoms with Crippen LogP contribution < -0.4 is 4.74 Å². The largest absolute Gasteiger partial charge is 0.490 e. The second-order valence-electron chi connectivity index (χ2n) is 6.00. The molecule has 2 aromatic carbocycles. The maximum absolute atomic E-state index is 12.7. The summed E-state index contributed by atoms with van der Waals surface area (Å²) in [5.74, 6) is 0.335. The molecular formula is C22H22BrNO3. The van der Waals surface area contributed by atoms with E-state index in [1.165, 1.54) is 0 Å². The maximum Gasteiger partial charge on any atom is 0.193 e. The molecule has 0 bridgehead atoms. The third-order valence-electron chi connectivity index (χ3n) is 3.87. The van der Waals surface area contributed by atoms with Crippen LogP contribution in [0, 0.1) is 0 Å². The number of ketones is 1. The first-order valence-corrected chi connectivity index (χ1v) is 9.31. The smallest absolute Gasteiger partial charge is 0.193 e. The normalized spacial score (nSPS) is 10.9. The van der Waals surface area contributed by atoms with Gasteiger partial charge in [-0.2, -0.15) is 0 Å². The maximum atomic E-state index is 12.7. The van der Waals surface area contributed by atoms with Crippen molar-refractivity contribution >= 4 is 28.0 Å². The fourth-order valence-corrected chi connectivity index (χ4v) is 2.71. The minimum Gasteiger partial charge on any atom is -0.490 e. The summed E-state index contributed by atoms with van der Waals surface area (Å²) in [5, 5.41) is 0. The van der Waals surface area contributed by atoms with E-state index in [0.29, 0.717) is 35.3 Å². The molecule has 0 heterocycles. The molecule has 0 radical (unpaired) electrons. The molecule has 0 aliphatic carbocycles. The van der Waals surface area contributed by atoms with Crippen LogP contribution in [0.15, 0.2) is 71.7 Å². The highest BCUT2D eigenvalue weighted by Gasteiger charge is 2.14. The zero-order chi connectivity index (χ0) is 19.6.